The van der Waals surface area contributed by atoms with Crippen LogP contribution in [0.2, 0.25) is 0 Å². The number of ketones is 1. The van der Waals surface area contributed by atoms with Crippen LogP contribution in [0, 0.1) is 0 Å². The molecule has 0 radical (unpaired) electrons. The first-order chi connectivity index (χ1) is 10.7. The summed E-state index contributed by atoms with van der Waals surface area (Å²) in [5, 5.41) is 3.72. The molecule has 2 aromatic carbocycles. The van der Waals surface area contributed by atoms with Crippen molar-refractivity contribution < 1.29 is 19.2 Å². The Morgan fingerprint density at radius 2 is 1.50 bits per heavy atom. The second-order valence-corrected chi connectivity index (χ2v) is 4.63. The van der Waals surface area contributed by atoms with Gasteiger partial charge in [-0.25, -0.2) is 4.79 Å². The largest absolute Gasteiger partial charge is 0.535 e. The zero-order valence-corrected chi connectivity index (χ0v) is 11.9. The first-order valence-corrected chi connectivity index (χ1v) is 6.87. The van der Waals surface area contributed by atoms with Gasteiger partial charge in [-0.3, -0.25) is 9.63 Å². The lowest BCUT2D eigenvalue weighted by Gasteiger charge is -2.19. The first-order valence-electron chi connectivity index (χ1n) is 6.87. The van der Waals surface area contributed by atoms with Crippen molar-refractivity contribution in [2.45, 2.75) is 6.92 Å². The summed E-state index contributed by atoms with van der Waals surface area (Å²) in [6, 6.07) is 14.6. The SMILES string of the molecule is CCOC(=O)ON=C1C(=O)c2ccccc2-c2ccccc21. The van der Waals surface area contributed by atoms with Crippen LogP contribution in [0.5, 0.6) is 0 Å². The minimum Gasteiger partial charge on any atom is -0.433 e. The van der Waals surface area contributed by atoms with Crippen molar-refractivity contribution >= 4 is 17.7 Å². The fourth-order valence-corrected chi connectivity index (χ4v) is 2.41. The first kappa shape index (κ1) is 14.0. The van der Waals surface area contributed by atoms with E-state index >= 15 is 0 Å². The van der Waals surface area contributed by atoms with Gasteiger partial charge in [-0.2, -0.15) is 0 Å². The normalized spacial score (nSPS) is 14.2. The number of benzene rings is 2. The Balaban J connectivity index is 2.08. The Morgan fingerprint density at radius 1 is 0.955 bits per heavy atom. The molecule has 0 aliphatic heterocycles. The van der Waals surface area contributed by atoms with Crippen LogP contribution < -0.4 is 0 Å². The average molecular weight is 295 g/mol. The number of hydrogen-bond acceptors (Lipinski definition) is 5. The maximum atomic E-state index is 12.6. The molecule has 0 heterocycles. The van der Waals surface area contributed by atoms with Crippen molar-refractivity contribution in [1.82, 2.24) is 0 Å². The van der Waals surface area contributed by atoms with E-state index in [9.17, 15) is 9.59 Å². The summed E-state index contributed by atoms with van der Waals surface area (Å²) in [6.07, 6.45) is -0.931. The molecule has 0 N–H and O–H groups in total. The molecular weight excluding hydrogens is 282 g/mol. The van der Waals surface area contributed by atoms with Gasteiger partial charge in [0.05, 0.1) is 6.61 Å². The highest BCUT2D eigenvalue weighted by atomic mass is 16.8. The van der Waals surface area contributed by atoms with E-state index in [-0.39, 0.29) is 18.1 Å². The Bertz CT molecular complexity index is 780. The van der Waals surface area contributed by atoms with Crippen molar-refractivity contribution in [1.29, 1.82) is 0 Å². The molecule has 1 aliphatic rings. The van der Waals surface area contributed by atoms with Gasteiger partial charge in [0.2, 0.25) is 5.78 Å². The number of ether oxygens (including phenoxy) is 1. The predicted octanol–water partition coefficient (Wildman–Crippen LogP) is 3.43. The van der Waals surface area contributed by atoms with E-state index in [1.54, 1.807) is 31.2 Å². The zero-order chi connectivity index (χ0) is 15.5. The van der Waals surface area contributed by atoms with E-state index in [4.69, 9.17) is 0 Å². The predicted molar refractivity (Wildman–Crippen MR) is 80.9 cm³/mol. The molecule has 0 saturated heterocycles. The highest BCUT2D eigenvalue weighted by Crippen LogP contribution is 2.33. The molecule has 2 aromatic rings. The van der Waals surface area contributed by atoms with Crippen LogP contribution in [0.1, 0.15) is 22.8 Å². The van der Waals surface area contributed by atoms with Gasteiger partial charge in [-0.1, -0.05) is 53.7 Å². The number of Topliss-reactive ketones (excluding diaryl/α,β-unsaturated/α-hetero) is 1. The lowest BCUT2D eigenvalue weighted by molar-refractivity contribution is 0.0612. The minimum atomic E-state index is -0.931. The Morgan fingerprint density at radius 3 is 2.14 bits per heavy atom. The second-order valence-electron chi connectivity index (χ2n) is 4.63. The Hall–Kier alpha value is -2.95. The van der Waals surface area contributed by atoms with Crippen LogP contribution >= 0.6 is 0 Å². The second kappa shape index (κ2) is 5.81. The fraction of sp³-hybridized carbons (Fsp3) is 0.118. The molecule has 0 amide bonds. The van der Waals surface area contributed by atoms with Crippen molar-refractivity contribution in [2.24, 2.45) is 5.16 Å². The van der Waals surface area contributed by atoms with Crippen molar-refractivity contribution in [3.05, 3.63) is 59.7 Å². The van der Waals surface area contributed by atoms with Crippen molar-refractivity contribution in [2.75, 3.05) is 6.61 Å². The highest BCUT2D eigenvalue weighted by Gasteiger charge is 2.29. The summed E-state index contributed by atoms with van der Waals surface area (Å²) >= 11 is 0. The third kappa shape index (κ3) is 2.37. The molecule has 5 nitrogen and oxygen atoms in total. The molecule has 0 unspecified atom stereocenters. The summed E-state index contributed by atoms with van der Waals surface area (Å²) in [7, 11) is 0. The smallest absolute Gasteiger partial charge is 0.433 e. The number of carbonyl (C=O) groups excluding carboxylic acids is 2. The monoisotopic (exact) mass is 295 g/mol. The molecule has 0 bridgehead atoms. The molecule has 3 rings (SSSR count). The molecule has 110 valence electrons. The number of nitrogens with zero attached hydrogens (tertiary/aromatic N) is 1. The summed E-state index contributed by atoms with van der Waals surface area (Å²) in [5.41, 5.74) is 2.99. The standard InChI is InChI=1S/C17H13NO4/c1-2-21-17(20)22-18-15-13-9-5-3-7-11(13)12-8-4-6-10-14(12)16(15)19/h3-10H,2H2,1H3. The average Bonchev–Trinajstić information content (AvgIpc) is 2.55. The van der Waals surface area contributed by atoms with Crippen LogP contribution in [-0.4, -0.2) is 24.3 Å². The van der Waals surface area contributed by atoms with Gasteiger partial charge in [-0.15, -0.1) is 0 Å². The molecule has 0 aromatic heterocycles. The third-order valence-corrected chi connectivity index (χ3v) is 3.33. The fourth-order valence-electron chi connectivity index (χ4n) is 2.41. The van der Waals surface area contributed by atoms with Crippen molar-refractivity contribution in [3.8, 4) is 11.1 Å². The summed E-state index contributed by atoms with van der Waals surface area (Å²) < 4.78 is 4.65. The van der Waals surface area contributed by atoms with Gasteiger partial charge in [0, 0.05) is 11.1 Å². The highest BCUT2D eigenvalue weighted by molar-refractivity contribution is 6.54. The van der Waals surface area contributed by atoms with Crippen LogP contribution in [0.4, 0.5) is 4.79 Å². The maximum Gasteiger partial charge on any atom is 0.535 e. The zero-order valence-electron chi connectivity index (χ0n) is 11.9. The molecule has 1 aliphatic carbocycles. The Labute approximate surface area is 127 Å². The number of rotatable bonds is 2. The quantitative estimate of drug-likeness (QED) is 0.483. The van der Waals surface area contributed by atoms with Crippen LogP contribution in [0.25, 0.3) is 11.1 Å². The van der Waals surface area contributed by atoms with Crippen LogP contribution in [0.15, 0.2) is 53.7 Å². The van der Waals surface area contributed by atoms with E-state index in [2.05, 4.69) is 14.7 Å². The molecule has 0 fully saturated rings. The summed E-state index contributed by atoms with van der Waals surface area (Å²) in [4.78, 5) is 28.5. The molecule has 0 saturated carbocycles. The molecule has 22 heavy (non-hydrogen) atoms. The lowest BCUT2D eigenvalue weighted by Crippen LogP contribution is -2.23. The number of hydrogen-bond donors (Lipinski definition) is 0. The molecule has 5 heteroatoms. The molecule has 0 spiro atoms. The van der Waals surface area contributed by atoms with E-state index in [1.165, 1.54) is 0 Å². The summed E-state index contributed by atoms with van der Waals surface area (Å²) in [6.45, 7) is 1.84. The van der Waals surface area contributed by atoms with E-state index in [0.717, 1.165) is 11.1 Å². The van der Waals surface area contributed by atoms with Crippen LogP contribution in [0.3, 0.4) is 0 Å². The number of fused-ring (bicyclic) bond motifs is 3. The maximum absolute atomic E-state index is 12.6. The number of carbonyl (C=O) groups is 2. The van der Waals surface area contributed by atoms with Gasteiger partial charge in [0.15, 0.2) is 5.71 Å². The number of oxime groups is 1. The van der Waals surface area contributed by atoms with Gasteiger partial charge in [-0.05, 0) is 18.1 Å². The summed E-state index contributed by atoms with van der Waals surface area (Å²) in [5.74, 6) is -0.279. The Kier molecular flexibility index (Phi) is 3.70. The molecule has 0 atom stereocenters. The van der Waals surface area contributed by atoms with Gasteiger partial charge in [0.1, 0.15) is 0 Å². The van der Waals surface area contributed by atoms with E-state index < -0.39 is 6.16 Å². The van der Waals surface area contributed by atoms with E-state index in [1.807, 2.05) is 24.3 Å². The van der Waals surface area contributed by atoms with Crippen molar-refractivity contribution in [3.63, 3.8) is 0 Å². The third-order valence-electron chi connectivity index (χ3n) is 3.33. The van der Waals surface area contributed by atoms with E-state index in [0.29, 0.717) is 11.1 Å². The van der Waals surface area contributed by atoms with Gasteiger partial charge in [0.25, 0.3) is 0 Å². The minimum absolute atomic E-state index is 0.0994. The lowest BCUT2D eigenvalue weighted by atomic mass is 9.83. The van der Waals surface area contributed by atoms with Gasteiger partial charge >= 0.3 is 6.16 Å². The topological polar surface area (TPSA) is 65.0 Å². The van der Waals surface area contributed by atoms with Gasteiger partial charge < -0.3 is 4.74 Å². The molecular formula is C17H13NO4. The van der Waals surface area contributed by atoms with Crippen LogP contribution in [-0.2, 0) is 9.57 Å².